The van der Waals surface area contributed by atoms with E-state index in [1.807, 2.05) is 10.3 Å². The van der Waals surface area contributed by atoms with Gasteiger partial charge in [-0.15, -0.1) is 0 Å². The lowest BCUT2D eigenvalue weighted by atomic mass is 9.98. The average Bonchev–Trinajstić information content (AvgIpc) is 3.23. The summed E-state index contributed by atoms with van der Waals surface area (Å²) in [5, 5.41) is 6.78. The molecular weight excluding hydrogens is 378 g/mol. The molecule has 2 aromatic rings. The van der Waals surface area contributed by atoms with Crippen molar-refractivity contribution in [2.45, 2.75) is 37.8 Å². The summed E-state index contributed by atoms with van der Waals surface area (Å²) in [4.78, 5) is 32.7. The van der Waals surface area contributed by atoms with E-state index in [0.717, 1.165) is 57.1 Å². The highest BCUT2D eigenvalue weighted by Crippen LogP contribution is 2.25. The van der Waals surface area contributed by atoms with Gasteiger partial charge in [0.1, 0.15) is 11.8 Å². The quantitative estimate of drug-likeness (QED) is 0.767. The second kappa shape index (κ2) is 8.40. The lowest BCUT2D eigenvalue weighted by Crippen LogP contribution is -2.50. The van der Waals surface area contributed by atoms with Crippen LogP contribution in [0.5, 0.6) is 5.19 Å². The minimum absolute atomic E-state index is 0.0930. The van der Waals surface area contributed by atoms with Gasteiger partial charge in [-0.3, -0.25) is 14.5 Å². The van der Waals surface area contributed by atoms with Gasteiger partial charge in [-0.1, -0.05) is 11.3 Å². The largest absolute Gasteiger partial charge is 0.467 e. The van der Waals surface area contributed by atoms with Gasteiger partial charge in [-0.2, -0.15) is 5.10 Å². The molecule has 0 saturated carbocycles. The van der Waals surface area contributed by atoms with Crippen LogP contribution in [0.25, 0.3) is 0 Å². The summed E-state index contributed by atoms with van der Waals surface area (Å²) in [5.74, 6) is -0.0930. The average molecular weight is 404 g/mol. The molecule has 0 aliphatic carbocycles. The number of ether oxygens (including phenoxy) is 1. The Morgan fingerprint density at radius 3 is 2.54 bits per heavy atom. The van der Waals surface area contributed by atoms with Crippen molar-refractivity contribution in [2.24, 2.45) is 7.05 Å². The molecule has 0 aromatic carbocycles. The predicted molar refractivity (Wildman–Crippen MR) is 106 cm³/mol. The zero-order valence-corrected chi connectivity index (χ0v) is 16.8. The van der Waals surface area contributed by atoms with Crippen molar-refractivity contribution in [3.05, 3.63) is 39.8 Å². The van der Waals surface area contributed by atoms with Crippen molar-refractivity contribution in [3.63, 3.8) is 0 Å². The van der Waals surface area contributed by atoms with Crippen LogP contribution in [-0.4, -0.2) is 68.8 Å². The van der Waals surface area contributed by atoms with Crippen LogP contribution >= 0.6 is 11.3 Å². The fourth-order valence-corrected chi connectivity index (χ4v) is 4.53. The number of aryl methyl sites for hydroxylation is 1. The minimum Gasteiger partial charge on any atom is -0.467 e. The summed E-state index contributed by atoms with van der Waals surface area (Å²) in [6.45, 7) is 3.50. The van der Waals surface area contributed by atoms with Crippen molar-refractivity contribution < 1.29 is 9.53 Å². The maximum Gasteiger partial charge on any atom is 0.274 e. The van der Waals surface area contributed by atoms with Crippen LogP contribution in [-0.2, 0) is 7.05 Å². The number of piperidine rings is 2. The number of carbonyl (C=O) groups excluding carboxylic acids is 1. The van der Waals surface area contributed by atoms with Gasteiger partial charge in [0.2, 0.25) is 0 Å². The van der Waals surface area contributed by atoms with Crippen molar-refractivity contribution in [1.29, 1.82) is 0 Å². The Balaban J connectivity index is 1.26. The van der Waals surface area contributed by atoms with E-state index in [4.69, 9.17) is 4.74 Å². The van der Waals surface area contributed by atoms with Gasteiger partial charge in [0.25, 0.3) is 16.7 Å². The Hall–Kier alpha value is -2.26. The second-order valence-corrected chi connectivity index (χ2v) is 8.21. The van der Waals surface area contributed by atoms with E-state index < -0.39 is 0 Å². The van der Waals surface area contributed by atoms with Crippen LogP contribution < -0.4 is 10.3 Å². The summed E-state index contributed by atoms with van der Waals surface area (Å²) in [6, 6.07) is 3.42. The van der Waals surface area contributed by atoms with Crippen LogP contribution in [0, 0.1) is 0 Å². The molecule has 0 N–H and O–H groups in total. The molecule has 4 rings (SSSR count). The number of likely N-dealkylation sites (tertiary alicyclic amines) is 2. The van der Waals surface area contributed by atoms with Crippen molar-refractivity contribution in [1.82, 2.24) is 24.6 Å². The van der Waals surface area contributed by atoms with Gasteiger partial charge in [0.05, 0.1) is 0 Å². The van der Waals surface area contributed by atoms with Crippen LogP contribution in [0.15, 0.2) is 28.5 Å². The Kier molecular flexibility index (Phi) is 5.72. The van der Waals surface area contributed by atoms with Crippen LogP contribution in [0.3, 0.4) is 0 Å². The first-order valence-electron chi connectivity index (χ1n) is 9.74. The third-order valence-electron chi connectivity index (χ3n) is 5.60. The van der Waals surface area contributed by atoms with Crippen molar-refractivity contribution in [3.8, 4) is 5.19 Å². The van der Waals surface area contributed by atoms with E-state index in [-0.39, 0.29) is 17.6 Å². The topological polar surface area (TPSA) is 80.6 Å². The van der Waals surface area contributed by atoms with Gasteiger partial charge >= 0.3 is 0 Å². The monoisotopic (exact) mass is 403 g/mol. The molecular formula is C19H25N5O3S. The molecule has 2 aromatic heterocycles. The normalized spacial score (nSPS) is 19.7. The van der Waals surface area contributed by atoms with E-state index in [0.29, 0.717) is 11.7 Å². The molecule has 0 spiro atoms. The second-order valence-electron chi connectivity index (χ2n) is 7.35. The SMILES string of the molecule is Cn1nc(C(=O)N2CCC(N3CCC(Oc4nccs4)CC3)CC2)ccc1=O. The lowest BCUT2D eigenvalue weighted by molar-refractivity contribution is 0.0421. The number of thiazole rings is 1. The first-order valence-corrected chi connectivity index (χ1v) is 10.6. The maximum absolute atomic E-state index is 12.7. The number of hydrogen-bond donors (Lipinski definition) is 0. The molecule has 0 unspecified atom stereocenters. The molecule has 150 valence electrons. The van der Waals surface area contributed by atoms with E-state index in [1.54, 1.807) is 13.2 Å². The molecule has 2 aliphatic heterocycles. The Bertz CT molecular complexity index is 853. The molecule has 2 saturated heterocycles. The lowest BCUT2D eigenvalue weighted by Gasteiger charge is -2.41. The van der Waals surface area contributed by atoms with Gasteiger partial charge in [0.15, 0.2) is 0 Å². The highest BCUT2D eigenvalue weighted by Gasteiger charge is 2.31. The highest BCUT2D eigenvalue weighted by atomic mass is 32.1. The van der Waals surface area contributed by atoms with E-state index in [1.165, 1.54) is 28.2 Å². The summed E-state index contributed by atoms with van der Waals surface area (Å²) in [6.07, 6.45) is 5.99. The molecule has 28 heavy (non-hydrogen) atoms. The van der Waals surface area contributed by atoms with Crippen LogP contribution in [0.4, 0.5) is 0 Å². The predicted octanol–water partition coefficient (Wildman–Crippen LogP) is 1.38. The summed E-state index contributed by atoms with van der Waals surface area (Å²) >= 11 is 1.54. The number of rotatable bonds is 4. The molecule has 8 nitrogen and oxygen atoms in total. The molecule has 0 bridgehead atoms. The first kappa shape index (κ1) is 19.1. The van der Waals surface area contributed by atoms with E-state index in [9.17, 15) is 9.59 Å². The smallest absolute Gasteiger partial charge is 0.274 e. The van der Waals surface area contributed by atoms with Crippen molar-refractivity contribution >= 4 is 17.2 Å². The Labute approximate surface area is 167 Å². The van der Waals surface area contributed by atoms with E-state index in [2.05, 4.69) is 15.0 Å². The standard InChI is InChI=1S/C19H25N5O3S/c1-22-17(25)3-2-16(21-22)18(26)24-9-4-14(5-10-24)23-11-6-15(7-12-23)27-19-20-8-13-28-19/h2-3,8,13-15H,4-7,9-12H2,1H3. The summed E-state index contributed by atoms with van der Waals surface area (Å²) in [5.41, 5.74) is 0.123. The van der Waals surface area contributed by atoms with Gasteiger partial charge in [-0.25, -0.2) is 9.67 Å². The number of hydrogen-bond acceptors (Lipinski definition) is 7. The third-order valence-corrected chi connectivity index (χ3v) is 6.26. The number of nitrogens with zero attached hydrogens (tertiary/aromatic N) is 5. The molecule has 0 atom stereocenters. The highest BCUT2D eigenvalue weighted by molar-refractivity contribution is 7.11. The molecule has 9 heteroatoms. The molecule has 2 aliphatic rings. The van der Waals surface area contributed by atoms with Gasteiger partial charge < -0.3 is 9.64 Å². The minimum atomic E-state index is -0.211. The van der Waals surface area contributed by atoms with E-state index >= 15 is 0 Å². The number of carbonyl (C=O) groups is 1. The van der Waals surface area contributed by atoms with Crippen molar-refractivity contribution in [2.75, 3.05) is 26.2 Å². The molecule has 0 radical (unpaired) electrons. The first-order chi connectivity index (χ1) is 13.6. The zero-order valence-electron chi connectivity index (χ0n) is 16.0. The molecule has 1 amide bonds. The number of amides is 1. The fourth-order valence-electron chi connectivity index (χ4n) is 3.98. The van der Waals surface area contributed by atoms with Crippen LogP contribution in [0.2, 0.25) is 0 Å². The van der Waals surface area contributed by atoms with Gasteiger partial charge in [0, 0.05) is 56.9 Å². The summed E-state index contributed by atoms with van der Waals surface area (Å²) in [7, 11) is 1.56. The Morgan fingerprint density at radius 2 is 1.89 bits per heavy atom. The maximum atomic E-state index is 12.7. The molecule has 2 fully saturated rings. The third kappa shape index (κ3) is 4.25. The van der Waals surface area contributed by atoms with Crippen LogP contribution in [0.1, 0.15) is 36.2 Å². The van der Waals surface area contributed by atoms with Gasteiger partial charge in [-0.05, 0) is 31.7 Å². The fraction of sp³-hybridized carbons (Fsp3) is 0.579. The Morgan fingerprint density at radius 1 is 1.14 bits per heavy atom. The number of aromatic nitrogens is 3. The molecule has 4 heterocycles. The zero-order chi connectivity index (χ0) is 19.5. The summed E-state index contributed by atoms with van der Waals surface area (Å²) < 4.78 is 7.15.